The molecule has 4 aromatic heterocycles. The molecule has 29 heavy (non-hydrogen) atoms. The minimum Gasteiger partial charge on any atom is -0.468 e. The summed E-state index contributed by atoms with van der Waals surface area (Å²) in [7, 11) is 3.91. The van der Waals surface area contributed by atoms with Crippen molar-refractivity contribution < 1.29 is 13.6 Å². The van der Waals surface area contributed by atoms with Crippen molar-refractivity contribution in [2.75, 3.05) is 20.6 Å². The number of aryl methyl sites for hydroxylation is 2. The van der Waals surface area contributed by atoms with Crippen LogP contribution in [-0.2, 0) is 0 Å². The molecule has 0 unspecified atom stereocenters. The number of carbonyl (C=O) groups excluding carboxylic acids is 1. The molecule has 0 spiro atoms. The lowest BCUT2D eigenvalue weighted by Crippen LogP contribution is -2.34. The fraction of sp³-hybridized carbons (Fsp3) is 0.286. The minimum atomic E-state index is -0.122. The highest BCUT2D eigenvalue weighted by Crippen LogP contribution is 2.33. The fourth-order valence-corrected chi connectivity index (χ4v) is 4.51. The quantitative estimate of drug-likeness (QED) is 0.513. The lowest BCUT2D eigenvalue weighted by atomic mass is 10.1. The highest BCUT2D eigenvalue weighted by molar-refractivity contribution is 7.20. The normalized spacial score (nSPS) is 12.6. The van der Waals surface area contributed by atoms with Gasteiger partial charge in [0.1, 0.15) is 10.6 Å². The van der Waals surface area contributed by atoms with Crippen molar-refractivity contribution in [3.05, 3.63) is 58.7 Å². The molecular weight excluding hydrogens is 388 g/mol. The smallest absolute Gasteiger partial charge is 0.261 e. The van der Waals surface area contributed by atoms with Crippen molar-refractivity contribution in [3.8, 4) is 11.6 Å². The van der Waals surface area contributed by atoms with Crippen LogP contribution in [0.3, 0.4) is 0 Å². The third-order valence-corrected chi connectivity index (χ3v) is 6.05. The maximum absolute atomic E-state index is 12.9. The maximum Gasteiger partial charge on any atom is 0.261 e. The number of rotatable bonds is 6. The van der Waals surface area contributed by atoms with Crippen molar-refractivity contribution in [2.24, 2.45) is 0 Å². The Hall–Kier alpha value is -2.97. The second kappa shape index (κ2) is 7.81. The maximum atomic E-state index is 12.9. The SMILES string of the molecule is Cc1nc(-c2ccco2)nc2sc(C(=O)NC[C@@H](c3ccco3)N(C)C)c(C)c12. The third-order valence-electron chi connectivity index (χ3n) is 4.87. The van der Waals surface area contributed by atoms with Crippen LogP contribution < -0.4 is 5.32 Å². The number of furan rings is 2. The Kier molecular flexibility index (Phi) is 5.21. The van der Waals surface area contributed by atoms with Crippen LogP contribution in [0, 0.1) is 13.8 Å². The molecule has 0 aromatic carbocycles. The molecule has 0 saturated carbocycles. The van der Waals surface area contributed by atoms with Gasteiger partial charge >= 0.3 is 0 Å². The zero-order valence-electron chi connectivity index (χ0n) is 16.7. The topological polar surface area (TPSA) is 84.4 Å². The van der Waals surface area contributed by atoms with Crippen LogP contribution in [0.1, 0.15) is 32.7 Å². The van der Waals surface area contributed by atoms with Gasteiger partial charge in [-0.25, -0.2) is 9.97 Å². The van der Waals surface area contributed by atoms with E-state index in [0.717, 1.165) is 27.2 Å². The number of carbonyl (C=O) groups is 1. The minimum absolute atomic E-state index is 0.0456. The summed E-state index contributed by atoms with van der Waals surface area (Å²) in [6.07, 6.45) is 3.23. The molecule has 0 radical (unpaired) electrons. The van der Waals surface area contributed by atoms with Crippen LogP contribution in [0.2, 0.25) is 0 Å². The molecule has 7 nitrogen and oxygen atoms in total. The number of nitrogens with one attached hydrogen (secondary N) is 1. The van der Waals surface area contributed by atoms with Crippen LogP contribution in [0.15, 0.2) is 45.6 Å². The van der Waals surface area contributed by atoms with E-state index in [2.05, 4.69) is 15.3 Å². The van der Waals surface area contributed by atoms with Gasteiger partial charge in [-0.1, -0.05) is 0 Å². The van der Waals surface area contributed by atoms with Crippen molar-refractivity contribution in [2.45, 2.75) is 19.9 Å². The molecule has 0 saturated heterocycles. The first kappa shape index (κ1) is 19.4. The number of aromatic nitrogens is 2. The van der Waals surface area contributed by atoms with E-state index in [1.807, 2.05) is 51.0 Å². The highest BCUT2D eigenvalue weighted by atomic mass is 32.1. The van der Waals surface area contributed by atoms with E-state index < -0.39 is 0 Å². The van der Waals surface area contributed by atoms with Crippen molar-refractivity contribution >= 4 is 27.5 Å². The highest BCUT2D eigenvalue weighted by Gasteiger charge is 2.22. The Balaban J connectivity index is 1.61. The van der Waals surface area contributed by atoms with E-state index >= 15 is 0 Å². The van der Waals surface area contributed by atoms with Gasteiger partial charge in [-0.15, -0.1) is 11.3 Å². The molecular formula is C21H22N4O3S. The zero-order chi connectivity index (χ0) is 20.5. The molecule has 0 aliphatic heterocycles. The Morgan fingerprint density at radius 1 is 1.17 bits per heavy atom. The van der Waals surface area contributed by atoms with Gasteiger partial charge in [0, 0.05) is 11.9 Å². The average molecular weight is 410 g/mol. The average Bonchev–Trinajstić information content (AvgIpc) is 3.43. The Morgan fingerprint density at radius 3 is 2.59 bits per heavy atom. The van der Waals surface area contributed by atoms with Crippen LogP contribution in [0.25, 0.3) is 21.8 Å². The summed E-state index contributed by atoms with van der Waals surface area (Å²) in [5, 5.41) is 3.96. The van der Waals surface area contributed by atoms with E-state index in [4.69, 9.17) is 8.83 Å². The zero-order valence-corrected chi connectivity index (χ0v) is 17.5. The van der Waals surface area contributed by atoms with Gasteiger partial charge < -0.3 is 14.2 Å². The molecule has 8 heteroatoms. The number of nitrogens with zero attached hydrogens (tertiary/aromatic N) is 3. The van der Waals surface area contributed by atoms with Gasteiger partial charge in [-0.3, -0.25) is 9.69 Å². The first-order valence-electron chi connectivity index (χ1n) is 9.25. The lowest BCUT2D eigenvalue weighted by molar-refractivity contribution is 0.0942. The molecule has 4 rings (SSSR count). The predicted molar refractivity (Wildman–Crippen MR) is 112 cm³/mol. The summed E-state index contributed by atoms with van der Waals surface area (Å²) in [6.45, 7) is 4.30. The number of amides is 1. The first-order chi connectivity index (χ1) is 14.0. The molecule has 0 aliphatic rings. The van der Waals surface area contributed by atoms with Gasteiger partial charge in [-0.05, 0) is 57.8 Å². The number of hydrogen-bond acceptors (Lipinski definition) is 7. The second-order valence-electron chi connectivity index (χ2n) is 7.05. The largest absolute Gasteiger partial charge is 0.468 e. The molecule has 4 aromatic rings. The van der Waals surface area contributed by atoms with E-state index in [1.54, 1.807) is 18.6 Å². The monoisotopic (exact) mass is 410 g/mol. The fourth-order valence-electron chi connectivity index (χ4n) is 3.36. The standard InChI is InChI=1S/C21H22N4O3S/c1-12-17-13(2)23-19(16-8-6-10-28-16)24-21(17)29-18(12)20(26)22-11-14(25(3)4)15-7-5-9-27-15/h5-10,14H,11H2,1-4H3,(H,22,26)/t14-/m0/s1. The first-order valence-corrected chi connectivity index (χ1v) is 10.1. The third kappa shape index (κ3) is 3.68. The van der Waals surface area contributed by atoms with E-state index in [0.29, 0.717) is 23.0 Å². The summed E-state index contributed by atoms with van der Waals surface area (Å²) in [5.74, 6) is 1.83. The molecule has 0 aliphatic carbocycles. The van der Waals surface area contributed by atoms with Crippen LogP contribution in [-0.4, -0.2) is 41.4 Å². The molecule has 0 bridgehead atoms. The summed E-state index contributed by atoms with van der Waals surface area (Å²) < 4.78 is 10.9. The van der Waals surface area contributed by atoms with Gasteiger partial charge in [0.2, 0.25) is 0 Å². The van der Waals surface area contributed by atoms with Crippen LogP contribution in [0.5, 0.6) is 0 Å². The van der Waals surface area contributed by atoms with Crippen LogP contribution >= 0.6 is 11.3 Å². The summed E-state index contributed by atoms with van der Waals surface area (Å²) in [6, 6.07) is 7.34. The number of thiophene rings is 1. The molecule has 1 amide bonds. The van der Waals surface area contributed by atoms with Gasteiger partial charge in [-0.2, -0.15) is 0 Å². The van der Waals surface area contributed by atoms with Gasteiger partial charge in [0.05, 0.1) is 29.1 Å². The number of fused-ring (bicyclic) bond motifs is 1. The number of likely N-dealkylation sites (N-methyl/N-ethyl adjacent to an activating group) is 1. The van der Waals surface area contributed by atoms with Gasteiger partial charge in [0.25, 0.3) is 5.91 Å². The Labute approximate surface area is 172 Å². The Morgan fingerprint density at radius 2 is 1.93 bits per heavy atom. The number of hydrogen-bond donors (Lipinski definition) is 1. The molecule has 0 fully saturated rings. The van der Waals surface area contributed by atoms with Crippen molar-refractivity contribution in [1.82, 2.24) is 20.2 Å². The van der Waals surface area contributed by atoms with Crippen LogP contribution in [0.4, 0.5) is 0 Å². The molecule has 1 N–H and O–H groups in total. The van der Waals surface area contributed by atoms with Gasteiger partial charge in [0.15, 0.2) is 11.6 Å². The Bertz CT molecular complexity index is 1130. The summed E-state index contributed by atoms with van der Waals surface area (Å²) >= 11 is 1.37. The lowest BCUT2D eigenvalue weighted by Gasteiger charge is -2.22. The second-order valence-corrected chi connectivity index (χ2v) is 8.05. The summed E-state index contributed by atoms with van der Waals surface area (Å²) in [4.78, 5) is 25.6. The van der Waals surface area contributed by atoms with E-state index in [1.165, 1.54) is 11.3 Å². The van der Waals surface area contributed by atoms with Crippen molar-refractivity contribution in [1.29, 1.82) is 0 Å². The predicted octanol–water partition coefficient (Wildman–Crippen LogP) is 4.19. The molecule has 4 heterocycles. The van der Waals surface area contributed by atoms with E-state index in [9.17, 15) is 4.79 Å². The van der Waals surface area contributed by atoms with E-state index in [-0.39, 0.29) is 11.9 Å². The molecule has 150 valence electrons. The molecule has 1 atom stereocenters. The summed E-state index contributed by atoms with van der Waals surface area (Å²) in [5.41, 5.74) is 1.72. The van der Waals surface area contributed by atoms with Crippen molar-refractivity contribution in [3.63, 3.8) is 0 Å².